The molecule has 0 unspecified atom stereocenters. The molecule has 13 heterocycles. The van der Waals surface area contributed by atoms with E-state index in [1.165, 1.54) is 161 Å². The number of hydrogen-bond donors (Lipinski definition) is 8. The summed E-state index contributed by atoms with van der Waals surface area (Å²) < 4.78 is 6.17. The second-order valence-electron chi connectivity index (χ2n) is 34.1. The maximum absolute atomic E-state index is 12.8. The van der Waals surface area contributed by atoms with Gasteiger partial charge < -0.3 is 68.7 Å². The van der Waals surface area contributed by atoms with Crippen LogP contribution >= 0.6 is 0 Å². The number of nitrogens with one attached hydrogen (secondary N) is 4. The highest BCUT2D eigenvalue weighted by atomic mass is 16.2. The first-order chi connectivity index (χ1) is 60.8. The number of nitrogens with two attached hydrogens (primary N) is 4. The van der Waals surface area contributed by atoms with Gasteiger partial charge in [0, 0.05) is 117 Å². The quantitative estimate of drug-likeness (QED) is 0.0331. The highest BCUT2D eigenvalue weighted by molar-refractivity contribution is 5.94. The van der Waals surface area contributed by atoms with E-state index in [1.54, 1.807) is 40.3 Å². The fraction of sp³-hybridized carbons (Fsp3) is 0.435. The van der Waals surface area contributed by atoms with Crippen LogP contribution in [0.15, 0.2) is 183 Å². The summed E-state index contributed by atoms with van der Waals surface area (Å²) >= 11 is 0. The molecule has 124 heavy (non-hydrogen) atoms. The van der Waals surface area contributed by atoms with Crippen LogP contribution in [0.4, 0.5) is 64.5 Å². The Kier molecular flexibility index (Phi) is 27.0. The smallest absolute Gasteiger partial charge is 0.253 e. The van der Waals surface area contributed by atoms with E-state index < -0.39 is 0 Å². The number of piperidine rings is 2. The third kappa shape index (κ3) is 21.3. The van der Waals surface area contributed by atoms with Crippen molar-refractivity contribution in [2.45, 2.75) is 164 Å². The zero-order valence-electron chi connectivity index (χ0n) is 71.3. The van der Waals surface area contributed by atoms with E-state index in [9.17, 15) is 4.79 Å². The van der Waals surface area contributed by atoms with Crippen LogP contribution in [0.2, 0.25) is 0 Å². The lowest BCUT2D eigenvalue weighted by Gasteiger charge is -2.35. The van der Waals surface area contributed by atoms with Crippen LogP contribution in [0, 0.1) is 0 Å². The van der Waals surface area contributed by atoms with E-state index in [1.807, 2.05) is 83.8 Å². The molecule has 8 aromatic heterocycles. The molecule has 5 saturated heterocycles. The standard InChI is InChI=1S/C24H32N10.C24H30N6.C23H29N7.C21H26N8O/c25-23-30-24(29-19-3-1-17(2-4-19)18-7-9-26-10-8-18)31-34(23)22-15-21(27-16-28-22)33-13-11-32(12-14-33)20-5-6-20;25-24-27-22(28-30(24)23-5-1-2-14-26-23)17-18-6-8-19(9-7-18)20-10-12-21(13-11-20)29-15-3-4-16-29;24-22-27-23(28-30(22)21-5-1-2-14-25-21)26-19-10-6-17(7-11-19)18-8-12-20(13-9-18)29-15-3-4-16-29;1-27(2)17-10-13-28(14-11-17)19(30)15-6-8-16(9-7-15)24-21-25-20(22)29(26-21)18-5-3-4-12-23-18/h1-4,15-16,18,20,26H,5-14H2,(H3,25,29,30,31);1-2,5-9,14,20-21H,3-4,10-13,15-17H2,(H2,25,27,28);1-2,5-7,10-11,14,18,20H,3-4,8-9,12-13,15-16H2,(H3,24,26,27,28);3-9,12,17H,10-11,13-14H2,1-2H3,(H3,22,24,25,26). The summed E-state index contributed by atoms with van der Waals surface area (Å²) in [6.45, 7) is 13.1. The highest BCUT2D eigenvalue weighted by Gasteiger charge is 2.34. The molecule has 0 atom stereocenters. The number of carbonyl (C=O) groups is 1. The number of nitrogen functional groups attached to an aromatic ring is 4. The minimum Gasteiger partial charge on any atom is -0.368 e. The number of piperazine rings is 1. The Morgan fingerprint density at radius 2 is 0.782 bits per heavy atom. The number of anilines is 11. The van der Waals surface area contributed by atoms with Crippen molar-refractivity contribution in [1.29, 1.82) is 0 Å². The zero-order valence-corrected chi connectivity index (χ0v) is 71.3. The molecule has 8 aliphatic rings. The van der Waals surface area contributed by atoms with Crippen molar-refractivity contribution in [3.8, 4) is 23.3 Å². The third-order valence-corrected chi connectivity index (χ3v) is 25.7. The lowest BCUT2D eigenvalue weighted by Crippen LogP contribution is -2.47. The number of rotatable bonds is 21. The molecule has 0 spiro atoms. The van der Waals surface area contributed by atoms with Crippen molar-refractivity contribution in [1.82, 2.24) is 114 Å². The van der Waals surface area contributed by atoms with E-state index in [0.29, 0.717) is 88.8 Å². The lowest BCUT2D eigenvalue weighted by molar-refractivity contribution is 0.0663. The van der Waals surface area contributed by atoms with Gasteiger partial charge in [0.25, 0.3) is 5.91 Å². The SMILES string of the molecule is CN(C)C1CCN(C(=O)c2ccc(Nc3nc(N)n(-c4ccccn4)n3)cc2)CC1.Nc1nc(Cc2ccc(C3CCC(N4CCCC4)CC3)cc2)nn1-c1ccccn1.Nc1nc(Nc2ccc(C3CCC(N4CCCC4)CC3)cc2)nn1-c1ccccn1.Nc1nc(Nc2ccc(C3CCNCC3)cc2)nn1-c1cc(N2CCN(C3CC3)CC2)ncn1. The second-order valence-corrected chi connectivity index (χ2v) is 34.1. The van der Waals surface area contributed by atoms with Gasteiger partial charge in [-0.05, 0) is 294 Å². The molecule has 3 aliphatic carbocycles. The summed E-state index contributed by atoms with van der Waals surface area (Å²) in [6.07, 6.45) is 30.6. The molecule has 32 heteroatoms. The Hall–Kier alpha value is -12.4. The van der Waals surface area contributed by atoms with E-state index in [0.717, 1.165) is 112 Å². The Labute approximate surface area is 725 Å². The van der Waals surface area contributed by atoms with Gasteiger partial charge in [0.15, 0.2) is 29.1 Å². The number of likely N-dealkylation sites (tertiary alicyclic amines) is 3. The maximum Gasteiger partial charge on any atom is 0.253 e. The second kappa shape index (κ2) is 39.9. The van der Waals surface area contributed by atoms with Gasteiger partial charge >= 0.3 is 0 Å². The molecule has 4 aromatic carbocycles. The summed E-state index contributed by atoms with van der Waals surface area (Å²) in [5, 5.41) is 31.0. The van der Waals surface area contributed by atoms with Crippen LogP contribution in [0.5, 0.6) is 0 Å². The molecular weight excluding hydrogens is 1560 g/mol. The van der Waals surface area contributed by atoms with Gasteiger partial charge in [0.05, 0.1) is 0 Å². The third-order valence-electron chi connectivity index (χ3n) is 25.7. The monoisotopic (exact) mass is 1670 g/mol. The summed E-state index contributed by atoms with van der Waals surface area (Å²) in [4.78, 5) is 66.4. The van der Waals surface area contributed by atoms with Crippen LogP contribution in [0.1, 0.15) is 172 Å². The Morgan fingerprint density at radius 1 is 0.395 bits per heavy atom. The van der Waals surface area contributed by atoms with Crippen LogP contribution in [-0.4, -0.2) is 231 Å². The molecule has 20 rings (SSSR count). The average Bonchev–Trinajstić information content (AvgIpc) is 1.61. The molecule has 32 nitrogen and oxygen atoms in total. The zero-order chi connectivity index (χ0) is 84.7. The van der Waals surface area contributed by atoms with Gasteiger partial charge in [0.1, 0.15) is 12.1 Å². The fourth-order valence-corrected chi connectivity index (χ4v) is 18.6. The first kappa shape index (κ1) is 83.9. The lowest BCUT2D eigenvalue weighted by atomic mass is 9.81. The maximum atomic E-state index is 12.8. The molecule has 8 fully saturated rings. The molecule has 646 valence electrons. The molecule has 3 saturated carbocycles. The molecule has 0 bridgehead atoms. The van der Waals surface area contributed by atoms with Crippen LogP contribution in [0.25, 0.3) is 23.3 Å². The van der Waals surface area contributed by atoms with Gasteiger partial charge in [0.2, 0.25) is 41.6 Å². The number of hydrogen-bond acceptors (Lipinski definition) is 27. The largest absolute Gasteiger partial charge is 0.368 e. The van der Waals surface area contributed by atoms with Gasteiger partial charge in [-0.1, -0.05) is 66.7 Å². The van der Waals surface area contributed by atoms with Crippen molar-refractivity contribution < 1.29 is 4.79 Å². The van der Waals surface area contributed by atoms with E-state index in [4.69, 9.17) is 22.9 Å². The van der Waals surface area contributed by atoms with Crippen molar-refractivity contribution >= 4 is 70.4 Å². The first-order valence-electron chi connectivity index (χ1n) is 44.6. The number of nitrogens with zero attached hydrogens (tertiary/aromatic N) is 23. The summed E-state index contributed by atoms with van der Waals surface area (Å²) in [7, 11) is 4.19. The predicted octanol–water partition coefficient (Wildman–Crippen LogP) is 12.4. The van der Waals surface area contributed by atoms with Crippen LogP contribution in [0.3, 0.4) is 0 Å². The minimum atomic E-state index is 0.0700. The van der Waals surface area contributed by atoms with Crippen LogP contribution < -0.4 is 49.1 Å². The van der Waals surface area contributed by atoms with Gasteiger partial charge in [-0.25, -0.2) is 24.9 Å². The molecular formula is C92H117N31O. The summed E-state index contributed by atoms with van der Waals surface area (Å²) in [6, 6.07) is 55.3. The average molecular weight is 1670 g/mol. The predicted molar refractivity (Wildman–Crippen MR) is 486 cm³/mol. The number of amides is 1. The van der Waals surface area contributed by atoms with E-state index in [-0.39, 0.29) is 17.8 Å². The Morgan fingerprint density at radius 3 is 1.21 bits per heavy atom. The molecule has 12 aromatic rings. The van der Waals surface area contributed by atoms with Gasteiger partial charge in [-0.3, -0.25) is 9.69 Å². The molecule has 0 radical (unpaired) electrons. The van der Waals surface area contributed by atoms with Crippen LogP contribution in [-0.2, 0) is 6.42 Å². The number of carbonyl (C=O) groups excluding carboxylic acids is 1. The Balaban J connectivity index is 0.000000117. The molecule has 1 amide bonds. The van der Waals surface area contributed by atoms with E-state index in [2.05, 4.69) is 198 Å². The summed E-state index contributed by atoms with van der Waals surface area (Å²) in [5.74, 6) is 8.74. The minimum absolute atomic E-state index is 0.0700. The van der Waals surface area contributed by atoms with Crippen molar-refractivity contribution in [2.24, 2.45) is 0 Å². The Bertz CT molecular complexity index is 5180. The van der Waals surface area contributed by atoms with Crippen molar-refractivity contribution in [3.63, 3.8) is 0 Å². The molecule has 5 aliphatic heterocycles. The highest BCUT2D eigenvalue weighted by Crippen LogP contribution is 2.39. The van der Waals surface area contributed by atoms with Crippen molar-refractivity contribution in [2.75, 3.05) is 136 Å². The fourth-order valence-electron chi connectivity index (χ4n) is 18.6. The first-order valence-corrected chi connectivity index (χ1v) is 44.6. The topological polar surface area (TPSA) is 376 Å². The number of aromatic nitrogens is 17. The molecule has 12 N–H and O–H groups in total. The summed E-state index contributed by atoms with van der Waals surface area (Å²) in [5.41, 5.74) is 33.1. The van der Waals surface area contributed by atoms with Crippen molar-refractivity contribution in [3.05, 3.63) is 216 Å². The van der Waals surface area contributed by atoms with Gasteiger partial charge in [-0.2, -0.15) is 38.7 Å². The number of pyridine rings is 3. The normalized spacial score (nSPS) is 19.9. The van der Waals surface area contributed by atoms with Gasteiger partial charge in [-0.15, -0.1) is 20.4 Å². The number of benzene rings is 4. The van der Waals surface area contributed by atoms with E-state index >= 15 is 0 Å².